The van der Waals surface area contributed by atoms with Gasteiger partial charge in [0, 0.05) is 68.3 Å². The predicted octanol–water partition coefficient (Wildman–Crippen LogP) is 0.805. The van der Waals surface area contributed by atoms with E-state index in [2.05, 4.69) is 21.6 Å². The molecule has 0 radical (unpaired) electrons. The van der Waals surface area contributed by atoms with Gasteiger partial charge in [0.1, 0.15) is 23.2 Å². The third kappa shape index (κ3) is 5.42. The van der Waals surface area contributed by atoms with E-state index in [1.54, 1.807) is 7.11 Å². The quantitative estimate of drug-likeness (QED) is 0.226. The second kappa shape index (κ2) is 12.7. The normalized spacial score (nSPS) is 19.2. The van der Waals surface area contributed by atoms with Gasteiger partial charge < -0.3 is 31.6 Å². The summed E-state index contributed by atoms with van der Waals surface area (Å²) < 4.78 is 14.1. The minimum Gasteiger partial charge on any atom is -0.481 e. The first-order valence-corrected chi connectivity index (χ1v) is 16.7. The predicted molar refractivity (Wildman–Crippen MR) is 192 cm³/mol. The van der Waals surface area contributed by atoms with Crippen molar-refractivity contribution in [3.05, 3.63) is 95.6 Å². The number of pyridine rings is 1. The number of likely N-dealkylation sites (tertiary alicyclic amines) is 1. The fraction of sp³-hybridized carbons (Fsp3) is 0.333. The number of methoxy groups -OCH3 is 1. The zero-order chi connectivity index (χ0) is 35.5. The Morgan fingerprint density at radius 3 is 2.54 bits per heavy atom. The number of carbonyl (C=O) groups is 1. The molecule has 260 valence electrons. The molecule has 1 unspecified atom stereocenters. The number of aromatic nitrogens is 3. The molecule has 14 heteroatoms. The Bertz CT molecular complexity index is 2300. The molecule has 1 spiro atoms. The van der Waals surface area contributed by atoms with Crippen LogP contribution in [-0.4, -0.2) is 63.9 Å². The fourth-order valence-electron chi connectivity index (χ4n) is 7.45. The van der Waals surface area contributed by atoms with Crippen molar-refractivity contribution in [2.24, 2.45) is 25.6 Å². The number of halogens is 1. The molecule has 7 rings (SSSR count). The number of ether oxygens (including phenoxy) is 2. The lowest BCUT2D eigenvalue weighted by atomic mass is 9.89. The number of nitrogens with one attached hydrogen (secondary N) is 2. The molecule has 0 bridgehead atoms. The highest BCUT2D eigenvalue weighted by atomic mass is 35.5. The Morgan fingerprint density at radius 2 is 1.84 bits per heavy atom. The van der Waals surface area contributed by atoms with Crippen molar-refractivity contribution in [1.29, 1.82) is 0 Å². The number of amides is 1. The van der Waals surface area contributed by atoms with Gasteiger partial charge in [-0.3, -0.25) is 23.6 Å². The van der Waals surface area contributed by atoms with Crippen molar-refractivity contribution in [3.63, 3.8) is 0 Å². The van der Waals surface area contributed by atoms with E-state index in [1.165, 1.54) is 30.4 Å². The molecule has 4 aromatic rings. The molecule has 2 fully saturated rings. The van der Waals surface area contributed by atoms with Gasteiger partial charge in [-0.25, -0.2) is 9.78 Å². The Labute approximate surface area is 292 Å². The lowest BCUT2D eigenvalue weighted by molar-refractivity contribution is -0.179. The van der Waals surface area contributed by atoms with E-state index in [4.69, 9.17) is 37.5 Å². The first kappa shape index (κ1) is 33.4. The van der Waals surface area contributed by atoms with Crippen LogP contribution in [0.3, 0.4) is 0 Å². The number of nitrogens with two attached hydrogens (primary N) is 2. The number of aryl methyl sites for hydroxylation is 1. The minimum atomic E-state index is -0.565. The average Bonchev–Trinajstić information content (AvgIpc) is 3.52. The van der Waals surface area contributed by atoms with Crippen LogP contribution in [0.25, 0.3) is 34.4 Å². The largest absolute Gasteiger partial charge is 0.481 e. The highest BCUT2D eigenvalue weighted by molar-refractivity contribution is 6.36. The SMILES string of the molecule is COc1nc(-c2cccc(-c3cccc(N/C(N)=c4\c(=O)n(C)c(=O)n(C)\c4=C\N)c3C)c2Cl)cc2c1C(N1CC3(CNC(=O)CO3)C1)CC2. The number of nitrogens with zero attached hydrogens (tertiary/aromatic N) is 4. The lowest BCUT2D eigenvalue weighted by Crippen LogP contribution is -2.70. The van der Waals surface area contributed by atoms with Gasteiger partial charge in [-0.1, -0.05) is 41.9 Å². The maximum absolute atomic E-state index is 13.1. The molecule has 1 atom stereocenters. The first-order chi connectivity index (χ1) is 24.0. The summed E-state index contributed by atoms with van der Waals surface area (Å²) >= 11 is 7.19. The van der Waals surface area contributed by atoms with E-state index in [1.807, 2.05) is 43.3 Å². The summed E-state index contributed by atoms with van der Waals surface area (Å²) in [6.45, 7) is 4.04. The van der Waals surface area contributed by atoms with Gasteiger partial charge >= 0.3 is 5.69 Å². The van der Waals surface area contributed by atoms with E-state index in [9.17, 15) is 14.4 Å². The van der Waals surface area contributed by atoms with Crippen molar-refractivity contribution in [3.8, 4) is 28.3 Å². The van der Waals surface area contributed by atoms with E-state index < -0.39 is 11.2 Å². The molecule has 13 nitrogen and oxygen atoms in total. The number of benzene rings is 2. The topological polar surface area (TPSA) is 172 Å². The van der Waals surface area contributed by atoms with E-state index in [0.717, 1.165) is 58.3 Å². The second-order valence-corrected chi connectivity index (χ2v) is 13.5. The fourth-order valence-corrected chi connectivity index (χ4v) is 7.78. The number of hydrogen-bond acceptors (Lipinski definition) is 10. The zero-order valence-electron chi connectivity index (χ0n) is 28.3. The summed E-state index contributed by atoms with van der Waals surface area (Å²) in [5.41, 5.74) is 17.8. The second-order valence-electron chi connectivity index (χ2n) is 13.1. The summed E-state index contributed by atoms with van der Waals surface area (Å²) in [4.78, 5) is 44.5. The number of hydrogen-bond donors (Lipinski definition) is 4. The minimum absolute atomic E-state index is 0.0529. The Hall–Kier alpha value is -5.11. The van der Waals surface area contributed by atoms with Gasteiger partial charge in [0.25, 0.3) is 5.56 Å². The van der Waals surface area contributed by atoms with Gasteiger partial charge in [-0.2, -0.15) is 0 Å². The van der Waals surface area contributed by atoms with Crippen LogP contribution < -0.4 is 48.7 Å². The third-order valence-corrected chi connectivity index (χ3v) is 10.6. The summed E-state index contributed by atoms with van der Waals surface area (Å²) in [7, 11) is 4.56. The van der Waals surface area contributed by atoms with Crippen molar-refractivity contribution in [1.82, 2.24) is 24.3 Å². The molecule has 4 heterocycles. The molecule has 1 aliphatic carbocycles. The molecule has 0 saturated carbocycles. The van der Waals surface area contributed by atoms with E-state index in [0.29, 0.717) is 28.8 Å². The van der Waals surface area contributed by atoms with Crippen LogP contribution in [0.15, 0.2) is 52.1 Å². The molecule has 6 N–H and O–H groups in total. The van der Waals surface area contributed by atoms with Crippen LogP contribution in [0.5, 0.6) is 5.88 Å². The number of morpholine rings is 1. The van der Waals surface area contributed by atoms with Crippen molar-refractivity contribution in [2.75, 3.05) is 38.7 Å². The average molecular weight is 699 g/mol. The first-order valence-electron chi connectivity index (χ1n) is 16.3. The lowest BCUT2D eigenvalue weighted by Gasteiger charge is -2.53. The zero-order valence-corrected chi connectivity index (χ0v) is 29.1. The molecule has 1 amide bonds. The number of rotatable bonds is 6. The molecule has 2 aromatic heterocycles. The molecule has 3 aliphatic rings. The third-order valence-electron chi connectivity index (χ3n) is 10.2. The molecule has 2 aromatic carbocycles. The molecule has 2 aliphatic heterocycles. The van der Waals surface area contributed by atoms with Crippen LogP contribution in [0.1, 0.15) is 29.2 Å². The Morgan fingerprint density at radius 1 is 1.12 bits per heavy atom. The maximum atomic E-state index is 13.1. The van der Waals surface area contributed by atoms with Crippen LogP contribution in [0.4, 0.5) is 5.69 Å². The van der Waals surface area contributed by atoms with Crippen molar-refractivity contribution < 1.29 is 14.3 Å². The maximum Gasteiger partial charge on any atom is 0.330 e. The van der Waals surface area contributed by atoms with Gasteiger partial charge in [0.15, 0.2) is 0 Å². The van der Waals surface area contributed by atoms with Crippen LogP contribution in [0.2, 0.25) is 5.02 Å². The summed E-state index contributed by atoms with van der Waals surface area (Å²) in [5, 5.41) is 6.92. The highest BCUT2D eigenvalue weighted by Crippen LogP contribution is 2.47. The van der Waals surface area contributed by atoms with E-state index >= 15 is 0 Å². The van der Waals surface area contributed by atoms with Crippen molar-refractivity contribution >= 4 is 35.2 Å². The van der Waals surface area contributed by atoms with Gasteiger partial charge in [-0.15, -0.1) is 0 Å². The summed E-state index contributed by atoms with van der Waals surface area (Å²) in [5.74, 6) is 0.556. The highest BCUT2D eigenvalue weighted by Gasteiger charge is 2.50. The van der Waals surface area contributed by atoms with Crippen LogP contribution in [0, 0.1) is 6.92 Å². The summed E-state index contributed by atoms with van der Waals surface area (Å²) in [6, 6.07) is 13.8. The molecular formula is C36H39ClN8O5. The molecule has 2 saturated heterocycles. The van der Waals surface area contributed by atoms with Crippen LogP contribution >= 0.6 is 11.6 Å². The number of carbonyl (C=O) groups excluding carboxylic acids is 1. The molecule has 50 heavy (non-hydrogen) atoms. The van der Waals surface area contributed by atoms with Crippen LogP contribution in [-0.2, 0) is 30.0 Å². The van der Waals surface area contributed by atoms with Gasteiger partial charge in [0.05, 0.1) is 23.2 Å². The van der Waals surface area contributed by atoms with Gasteiger partial charge in [-0.05, 0) is 48.6 Å². The number of anilines is 1. The van der Waals surface area contributed by atoms with Crippen molar-refractivity contribution in [2.45, 2.75) is 31.4 Å². The smallest absolute Gasteiger partial charge is 0.330 e. The standard InChI is InChI=1S/C36H39ClN8O5/c1-19-21(7-6-10-24(19)41-32(39)30-27(14-38)43(2)35(48)44(3)34(30)47)22-8-5-9-23(31(22)37)25-13-20-11-12-26(29(20)33(42-25)49-4)45-17-36(18-45)16-40-28(46)15-50-36/h5-10,13-14,26,41H,11-12,15-18,38-39H2,1-4H3,(H,40,46)/b27-14+,32-30-. The molecular weight excluding hydrogens is 660 g/mol. The summed E-state index contributed by atoms with van der Waals surface area (Å²) in [6.07, 6.45) is 3.00. The Kier molecular flexibility index (Phi) is 8.45. The Balaban J connectivity index is 1.21. The monoisotopic (exact) mass is 698 g/mol. The van der Waals surface area contributed by atoms with Gasteiger partial charge in [0.2, 0.25) is 11.8 Å². The van der Waals surface area contributed by atoms with E-state index in [-0.39, 0.29) is 40.5 Å². The number of fused-ring (bicyclic) bond motifs is 1.